The molecule has 2 aromatic rings. The number of halogens is 6. The summed E-state index contributed by atoms with van der Waals surface area (Å²) in [5, 5.41) is 0. The lowest BCUT2D eigenvalue weighted by molar-refractivity contribution is -0.143. The highest BCUT2D eigenvalue weighted by atomic mass is 19.4. The fourth-order valence-corrected chi connectivity index (χ4v) is 4.98. The Kier molecular flexibility index (Phi) is 9.02. The topological polar surface area (TPSA) is 55.6 Å². The Morgan fingerprint density at radius 2 is 1.43 bits per heavy atom. The van der Waals surface area contributed by atoms with Crippen LogP contribution in [0.4, 0.5) is 36.8 Å². The van der Waals surface area contributed by atoms with Gasteiger partial charge in [-0.25, -0.2) is 4.79 Å². The molecule has 1 amide bonds. The number of ether oxygens (including phenoxy) is 1. The second-order valence-electron chi connectivity index (χ2n) is 9.47. The lowest BCUT2D eigenvalue weighted by Crippen LogP contribution is -2.30. The first-order valence-electron chi connectivity index (χ1n) is 12.5. The summed E-state index contributed by atoms with van der Waals surface area (Å²) in [6.45, 7) is 5.67. The van der Waals surface area contributed by atoms with Crippen molar-refractivity contribution in [3.8, 4) is 0 Å². The van der Waals surface area contributed by atoms with Crippen LogP contribution in [0.15, 0.2) is 30.3 Å². The van der Waals surface area contributed by atoms with Crippen molar-refractivity contribution < 1.29 is 35.9 Å². The molecule has 1 aliphatic carbocycles. The molecule has 0 heterocycles. The van der Waals surface area contributed by atoms with Gasteiger partial charge in [-0.3, -0.25) is 0 Å². The standard InChI is InChI=1S/C27H32F6N2O2/c1-3-8-35(9-4-2)24-15-19-7-5-6-18(19)13-20(24)14-23(37-25(34)36)12-17-10-21(26(28,29)30)16-22(11-17)27(31,32)33/h10-11,13,15-16,23H,3-9,12,14H2,1-2H3,(H2,34,36). The van der Waals surface area contributed by atoms with Crippen LogP contribution in [0.25, 0.3) is 0 Å². The molecule has 1 atom stereocenters. The molecule has 0 aromatic heterocycles. The van der Waals surface area contributed by atoms with Crippen LogP contribution in [0, 0.1) is 0 Å². The normalized spacial score (nSPS) is 14.4. The number of primary amides is 1. The summed E-state index contributed by atoms with van der Waals surface area (Å²) < 4.78 is 85.4. The number of hydrogen-bond donors (Lipinski definition) is 1. The molecule has 1 unspecified atom stereocenters. The van der Waals surface area contributed by atoms with E-state index in [0.29, 0.717) is 12.1 Å². The van der Waals surface area contributed by atoms with E-state index in [1.54, 1.807) is 0 Å². The molecular weight excluding hydrogens is 498 g/mol. The van der Waals surface area contributed by atoms with Gasteiger partial charge in [0.15, 0.2) is 0 Å². The van der Waals surface area contributed by atoms with Gasteiger partial charge >= 0.3 is 18.4 Å². The molecule has 0 saturated carbocycles. The summed E-state index contributed by atoms with van der Waals surface area (Å²) in [6, 6.07) is 5.56. The fourth-order valence-electron chi connectivity index (χ4n) is 4.98. The molecule has 204 valence electrons. The van der Waals surface area contributed by atoms with Gasteiger partial charge in [0.05, 0.1) is 11.1 Å². The number of aryl methyl sites for hydroxylation is 2. The minimum Gasteiger partial charge on any atom is -0.446 e. The minimum absolute atomic E-state index is 0.0828. The average molecular weight is 531 g/mol. The third kappa shape index (κ3) is 7.55. The van der Waals surface area contributed by atoms with Gasteiger partial charge in [-0.05, 0) is 78.6 Å². The van der Waals surface area contributed by atoms with E-state index in [0.717, 1.165) is 62.0 Å². The number of anilines is 1. The first-order chi connectivity index (χ1) is 17.3. The third-order valence-electron chi connectivity index (χ3n) is 6.46. The van der Waals surface area contributed by atoms with Crippen LogP contribution in [0.5, 0.6) is 0 Å². The molecule has 0 bridgehead atoms. The van der Waals surface area contributed by atoms with Crippen molar-refractivity contribution in [2.45, 2.75) is 77.2 Å². The van der Waals surface area contributed by atoms with Crippen LogP contribution >= 0.6 is 0 Å². The number of rotatable bonds is 10. The van der Waals surface area contributed by atoms with Gasteiger partial charge in [-0.2, -0.15) is 26.3 Å². The third-order valence-corrected chi connectivity index (χ3v) is 6.46. The quantitative estimate of drug-likeness (QED) is 0.334. The lowest BCUT2D eigenvalue weighted by atomic mass is 9.94. The largest absolute Gasteiger partial charge is 0.446 e. The molecule has 2 N–H and O–H groups in total. The SMILES string of the molecule is CCCN(CCC)c1cc2c(cc1CC(Cc1cc(C(F)(F)F)cc(C(F)(F)F)c1)OC(N)=O)CCC2. The molecule has 0 radical (unpaired) electrons. The molecule has 1 aliphatic rings. The summed E-state index contributed by atoms with van der Waals surface area (Å²) in [5.41, 5.74) is 6.35. The van der Waals surface area contributed by atoms with Crippen molar-refractivity contribution in [2.24, 2.45) is 5.73 Å². The molecule has 2 aromatic carbocycles. The van der Waals surface area contributed by atoms with Crippen molar-refractivity contribution in [1.82, 2.24) is 0 Å². The zero-order chi connectivity index (χ0) is 27.4. The van der Waals surface area contributed by atoms with Crippen LogP contribution in [-0.2, 0) is 42.8 Å². The number of amides is 1. The van der Waals surface area contributed by atoms with Crippen LogP contribution < -0.4 is 10.6 Å². The highest BCUT2D eigenvalue weighted by molar-refractivity contribution is 5.65. The van der Waals surface area contributed by atoms with Crippen LogP contribution in [0.1, 0.15) is 66.5 Å². The second kappa shape index (κ2) is 11.6. The van der Waals surface area contributed by atoms with Crippen molar-refractivity contribution >= 4 is 11.8 Å². The predicted molar refractivity (Wildman–Crippen MR) is 130 cm³/mol. The van der Waals surface area contributed by atoms with Gasteiger partial charge in [-0.1, -0.05) is 19.9 Å². The molecule has 0 fully saturated rings. The molecule has 0 saturated heterocycles. The van der Waals surface area contributed by atoms with E-state index >= 15 is 0 Å². The number of carbonyl (C=O) groups is 1. The number of fused-ring (bicyclic) bond motifs is 1. The molecule has 10 heteroatoms. The first-order valence-corrected chi connectivity index (χ1v) is 12.5. The predicted octanol–water partition coefficient (Wildman–Crippen LogP) is 7.09. The molecule has 37 heavy (non-hydrogen) atoms. The smallest absolute Gasteiger partial charge is 0.416 e. The molecule has 3 rings (SSSR count). The van der Waals surface area contributed by atoms with Gasteiger partial charge in [0.1, 0.15) is 6.10 Å². The maximum Gasteiger partial charge on any atom is 0.416 e. The number of nitrogens with two attached hydrogens (primary N) is 1. The van der Waals surface area contributed by atoms with Gasteiger partial charge in [0, 0.05) is 31.6 Å². The molecule has 0 aliphatic heterocycles. The Morgan fingerprint density at radius 3 is 1.92 bits per heavy atom. The van der Waals surface area contributed by atoms with E-state index in [4.69, 9.17) is 10.5 Å². The summed E-state index contributed by atoms with van der Waals surface area (Å²) in [4.78, 5) is 13.9. The van der Waals surface area contributed by atoms with Crippen molar-refractivity contribution in [1.29, 1.82) is 0 Å². The fraction of sp³-hybridized carbons (Fsp3) is 0.519. The van der Waals surface area contributed by atoms with E-state index in [1.165, 1.54) is 5.56 Å². The maximum absolute atomic E-state index is 13.4. The zero-order valence-corrected chi connectivity index (χ0v) is 20.9. The van der Waals surface area contributed by atoms with E-state index in [1.807, 2.05) is 6.07 Å². The van der Waals surface area contributed by atoms with Crippen LogP contribution in [0.3, 0.4) is 0 Å². The van der Waals surface area contributed by atoms with Gasteiger partial charge in [0.25, 0.3) is 0 Å². The summed E-state index contributed by atoms with van der Waals surface area (Å²) in [6.07, 6.45) is -7.76. The number of carbonyl (C=O) groups excluding carboxylic acids is 1. The summed E-state index contributed by atoms with van der Waals surface area (Å²) in [5.74, 6) is 0. The Hall–Kier alpha value is -2.91. The van der Waals surface area contributed by atoms with Gasteiger partial charge < -0.3 is 15.4 Å². The van der Waals surface area contributed by atoms with E-state index in [2.05, 4.69) is 24.8 Å². The van der Waals surface area contributed by atoms with Crippen LogP contribution in [0.2, 0.25) is 0 Å². The maximum atomic E-state index is 13.4. The Balaban J connectivity index is 2.02. The van der Waals surface area contributed by atoms with E-state index < -0.39 is 35.7 Å². The van der Waals surface area contributed by atoms with Crippen molar-refractivity contribution in [3.63, 3.8) is 0 Å². The van der Waals surface area contributed by atoms with Crippen LogP contribution in [-0.4, -0.2) is 25.3 Å². The zero-order valence-electron chi connectivity index (χ0n) is 20.9. The van der Waals surface area contributed by atoms with Crippen molar-refractivity contribution in [3.05, 3.63) is 63.7 Å². The number of nitrogens with zero attached hydrogens (tertiary/aromatic N) is 1. The van der Waals surface area contributed by atoms with E-state index in [-0.39, 0.29) is 24.5 Å². The summed E-state index contributed by atoms with van der Waals surface area (Å²) >= 11 is 0. The summed E-state index contributed by atoms with van der Waals surface area (Å²) in [7, 11) is 0. The Labute approximate surface area is 212 Å². The van der Waals surface area contributed by atoms with E-state index in [9.17, 15) is 31.1 Å². The monoisotopic (exact) mass is 530 g/mol. The Morgan fingerprint density at radius 1 is 0.892 bits per heavy atom. The highest BCUT2D eigenvalue weighted by Crippen LogP contribution is 2.37. The number of alkyl halides is 6. The molecule has 4 nitrogen and oxygen atoms in total. The first kappa shape index (κ1) is 28.7. The van der Waals surface area contributed by atoms with Crippen molar-refractivity contribution in [2.75, 3.05) is 18.0 Å². The second-order valence-corrected chi connectivity index (χ2v) is 9.47. The number of hydrogen-bond acceptors (Lipinski definition) is 3. The average Bonchev–Trinajstić information content (AvgIpc) is 3.24. The van der Waals surface area contributed by atoms with Gasteiger partial charge in [-0.15, -0.1) is 0 Å². The molecule has 0 spiro atoms. The minimum atomic E-state index is -4.97. The molecular formula is C27H32F6N2O2. The highest BCUT2D eigenvalue weighted by Gasteiger charge is 2.37. The number of benzene rings is 2. The van der Waals surface area contributed by atoms with Gasteiger partial charge in [0.2, 0.25) is 0 Å². The lowest BCUT2D eigenvalue weighted by Gasteiger charge is -2.29. The Bertz CT molecular complexity index is 1060.